The fraction of sp³-hybridized carbons (Fsp3) is 0.167. The molecule has 22 heavy (non-hydrogen) atoms. The maximum atomic E-state index is 13.4. The highest BCUT2D eigenvalue weighted by molar-refractivity contribution is 5.96. The van der Waals surface area contributed by atoms with Crippen molar-refractivity contribution < 1.29 is 9.18 Å². The number of rotatable bonds is 3. The molecule has 0 saturated heterocycles. The van der Waals surface area contributed by atoms with Crippen LogP contribution in [0.15, 0.2) is 42.6 Å². The molecule has 0 bridgehead atoms. The Bertz CT molecular complexity index is 851. The number of aromatic amines is 1. The van der Waals surface area contributed by atoms with Crippen LogP contribution in [-0.4, -0.2) is 10.9 Å². The van der Waals surface area contributed by atoms with Gasteiger partial charge in [-0.1, -0.05) is 17.7 Å². The summed E-state index contributed by atoms with van der Waals surface area (Å²) >= 11 is 0. The lowest BCUT2D eigenvalue weighted by molar-refractivity contribution is -0.115. The van der Waals surface area contributed by atoms with Crippen LogP contribution >= 0.6 is 0 Å². The van der Waals surface area contributed by atoms with E-state index >= 15 is 0 Å². The van der Waals surface area contributed by atoms with Crippen LogP contribution in [0.4, 0.5) is 10.1 Å². The van der Waals surface area contributed by atoms with Crippen LogP contribution in [0.5, 0.6) is 0 Å². The highest BCUT2D eigenvalue weighted by atomic mass is 19.1. The van der Waals surface area contributed by atoms with E-state index < -0.39 is 0 Å². The molecular formula is C18H17FN2O. The van der Waals surface area contributed by atoms with E-state index in [2.05, 4.69) is 10.3 Å². The third kappa shape index (κ3) is 2.86. The van der Waals surface area contributed by atoms with Gasteiger partial charge in [0.25, 0.3) is 0 Å². The van der Waals surface area contributed by atoms with Gasteiger partial charge in [0.2, 0.25) is 5.91 Å². The number of fused-ring (bicyclic) bond motifs is 1. The average molecular weight is 296 g/mol. The minimum atomic E-state index is -0.303. The predicted octanol–water partition coefficient (Wildman–Crippen LogP) is 4.11. The van der Waals surface area contributed by atoms with Crippen LogP contribution in [0.2, 0.25) is 0 Å². The van der Waals surface area contributed by atoms with Crippen LogP contribution in [0.1, 0.15) is 16.7 Å². The third-order valence-corrected chi connectivity index (χ3v) is 3.74. The molecule has 3 nitrogen and oxygen atoms in total. The van der Waals surface area contributed by atoms with Gasteiger partial charge in [0.05, 0.1) is 6.42 Å². The molecule has 0 spiro atoms. The molecule has 0 unspecified atom stereocenters. The normalized spacial score (nSPS) is 10.9. The number of halogens is 1. The number of hydrogen-bond acceptors (Lipinski definition) is 1. The Labute approximate surface area is 128 Å². The second kappa shape index (κ2) is 5.64. The van der Waals surface area contributed by atoms with Gasteiger partial charge in [-0.25, -0.2) is 4.39 Å². The maximum Gasteiger partial charge on any atom is 0.228 e. The van der Waals surface area contributed by atoms with Gasteiger partial charge < -0.3 is 10.3 Å². The minimum absolute atomic E-state index is 0.114. The highest BCUT2D eigenvalue weighted by Crippen LogP contribution is 2.21. The Hall–Kier alpha value is -2.62. The molecule has 0 saturated carbocycles. The molecule has 0 aliphatic rings. The number of amides is 1. The smallest absolute Gasteiger partial charge is 0.228 e. The lowest BCUT2D eigenvalue weighted by Gasteiger charge is -2.09. The van der Waals surface area contributed by atoms with E-state index in [1.807, 2.05) is 32.0 Å². The summed E-state index contributed by atoms with van der Waals surface area (Å²) in [5.74, 6) is -0.416. The number of H-pyrrole nitrogens is 1. The number of nitrogens with one attached hydrogen (secondary N) is 2. The Morgan fingerprint density at radius 3 is 2.77 bits per heavy atom. The number of benzene rings is 2. The van der Waals surface area contributed by atoms with Crippen LogP contribution in [0.3, 0.4) is 0 Å². The molecule has 0 aliphatic heterocycles. The van der Waals surface area contributed by atoms with Gasteiger partial charge in [0, 0.05) is 22.8 Å². The molecule has 0 radical (unpaired) electrons. The van der Waals surface area contributed by atoms with Crippen LogP contribution in [-0.2, 0) is 11.2 Å². The van der Waals surface area contributed by atoms with Gasteiger partial charge in [-0.15, -0.1) is 0 Å². The standard InChI is InChI=1S/C18H17FN2O/c1-11-3-5-16(12(2)7-11)21-18(22)8-13-10-20-17-6-4-14(19)9-15(13)17/h3-7,9-10,20H,8H2,1-2H3,(H,21,22). The van der Waals surface area contributed by atoms with E-state index in [9.17, 15) is 9.18 Å². The van der Waals surface area contributed by atoms with Gasteiger partial charge in [0.1, 0.15) is 5.82 Å². The van der Waals surface area contributed by atoms with Crippen molar-refractivity contribution in [1.29, 1.82) is 0 Å². The number of aryl methyl sites for hydroxylation is 2. The molecule has 1 aromatic heterocycles. The highest BCUT2D eigenvalue weighted by Gasteiger charge is 2.10. The Balaban J connectivity index is 1.79. The first kappa shape index (κ1) is 14.3. The maximum absolute atomic E-state index is 13.4. The molecular weight excluding hydrogens is 279 g/mol. The number of carbonyl (C=O) groups excluding carboxylic acids is 1. The molecule has 2 N–H and O–H groups in total. The molecule has 0 atom stereocenters. The third-order valence-electron chi connectivity index (χ3n) is 3.74. The first-order valence-electron chi connectivity index (χ1n) is 7.15. The van der Waals surface area contributed by atoms with E-state index in [1.54, 1.807) is 12.3 Å². The first-order valence-corrected chi connectivity index (χ1v) is 7.15. The molecule has 112 valence electrons. The van der Waals surface area contributed by atoms with Crippen molar-refractivity contribution in [3.63, 3.8) is 0 Å². The lowest BCUT2D eigenvalue weighted by Crippen LogP contribution is -2.15. The predicted molar refractivity (Wildman–Crippen MR) is 86.5 cm³/mol. The number of anilines is 1. The molecule has 1 amide bonds. The summed E-state index contributed by atoms with van der Waals surface area (Å²) < 4.78 is 13.4. The minimum Gasteiger partial charge on any atom is -0.361 e. The Morgan fingerprint density at radius 1 is 1.18 bits per heavy atom. The van der Waals surface area contributed by atoms with E-state index in [1.165, 1.54) is 12.1 Å². The molecule has 2 aromatic carbocycles. The van der Waals surface area contributed by atoms with Gasteiger partial charge in [0.15, 0.2) is 0 Å². The van der Waals surface area contributed by atoms with Gasteiger partial charge in [-0.05, 0) is 49.2 Å². The second-order valence-electron chi connectivity index (χ2n) is 5.55. The molecule has 3 rings (SSSR count). The van der Waals surface area contributed by atoms with Crippen LogP contribution in [0, 0.1) is 19.7 Å². The van der Waals surface area contributed by atoms with Gasteiger partial charge in [-0.2, -0.15) is 0 Å². The zero-order valence-electron chi connectivity index (χ0n) is 12.5. The quantitative estimate of drug-likeness (QED) is 0.750. The van der Waals surface area contributed by atoms with Crippen molar-refractivity contribution in [3.05, 3.63) is 65.1 Å². The van der Waals surface area contributed by atoms with Crippen molar-refractivity contribution >= 4 is 22.5 Å². The van der Waals surface area contributed by atoms with Gasteiger partial charge >= 0.3 is 0 Å². The van der Waals surface area contributed by atoms with E-state index in [0.717, 1.165) is 33.3 Å². The van der Waals surface area contributed by atoms with Crippen LogP contribution in [0.25, 0.3) is 10.9 Å². The summed E-state index contributed by atoms with van der Waals surface area (Å²) in [5, 5.41) is 3.65. The Kier molecular flexibility index (Phi) is 3.67. The molecule has 4 heteroatoms. The van der Waals surface area contributed by atoms with Gasteiger partial charge in [-0.3, -0.25) is 4.79 Å². The fourth-order valence-corrected chi connectivity index (χ4v) is 2.62. The fourth-order valence-electron chi connectivity index (χ4n) is 2.62. The summed E-state index contributed by atoms with van der Waals surface area (Å²) in [5.41, 5.74) is 4.61. The second-order valence-corrected chi connectivity index (χ2v) is 5.55. The largest absolute Gasteiger partial charge is 0.361 e. The van der Waals surface area contributed by atoms with Crippen molar-refractivity contribution in [1.82, 2.24) is 4.98 Å². The molecule has 1 heterocycles. The van der Waals surface area contributed by atoms with Crippen molar-refractivity contribution in [2.75, 3.05) is 5.32 Å². The zero-order valence-corrected chi connectivity index (χ0v) is 12.5. The molecule has 0 fully saturated rings. The van der Waals surface area contributed by atoms with E-state index in [-0.39, 0.29) is 18.1 Å². The number of aromatic nitrogens is 1. The summed E-state index contributed by atoms with van der Waals surface area (Å²) in [6.45, 7) is 3.97. The lowest BCUT2D eigenvalue weighted by atomic mass is 10.1. The number of carbonyl (C=O) groups is 1. The first-order chi connectivity index (χ1) is 10.5. The topological polar surface area (TPSA) is 44.9 Å². The van der Waals surface area contributed by atoms with Crippen molar-refractivity contribution in [2.45, 2.75) is 20.3 Å². The molecule has 0 aliphatic carbocycles. The summed E-state index contributed by atoms with van der Waals surface area (Å²) in [7, 11) is 0. The van der Waals surface area contributed by atoms with Crippen molar-refractivity contribution in [3.8, 4) is 0 Å². The van der Waals surface area contributed by atoms with Crippen molar-refractivity contribution in [2.24, 2.45) is 0 Å². The van der Waals surface area contributed by atoms with E-state index in [4.69, 9.17) is 0 Å². The average Bonchev–Trinajstić information content (AvgIpc) is 2.84. The summed E-state index contributed by atoms with van der Waals surface area (Å²) in [6.07, 6.45) is 1.96. The summed E-state index contributed by atoms with van der Waals surface area (Å²) in [6, 6.07) is 10.4. The summed E-state index contributed by atoms with van der Waals surface area (Å²) in [4.78, 5) is 15.3. The SMILES string of the molecule is Cc1ccc(NC(=O)Cc2c[nH]c3ccc(F)cc23)c(C)c1. The molecule has 3 aromatic rings. The van der Waals surface area contributed by atoms with E-state index in [0.29, 0.717) is 0 Å². The monoisotopic (exact) mass is 296 g/mol. The number of hydrogen-bond donors (Lipinski definition) is 2. The Morgan fingerprint density at radius 2 is 2.00 bits per heavy atom. The van der Waals surface area contributed by atoms with Crippen LogP contribution < -0.4 is 5.32 Å². The zero-order chi connectivity index (χ0) is 15.7.